The second-order valence-corrected chi connectivity index (χ2v) is 7.50. The van der Waals surface area contributed by atoms with E-state index in [1.54, 1.807) is 39.0 Å². The minimum atomic E-state index is -3.66. The van der Waals surface area contributed by atoms with Crippen molar-refractivity contribution in [1.82, 2.24) is 0 Å². The van der Waals surface area contributed by atoms with Gasteiger partial charge in [0.1, 0.15) is 16.7 Å². The summed E-state index contributed by atoms with van der Waals surface area (Å²) in [4.78, 5) is -0.277. The fourth-order valence-electron chi connectivity index (χ4n) is 1.22. The maximum atomic E-state index is 12.1. The van der Waals surface area contributed by atoms with Crippen LogP contribution in [-0.2, 0) is 9.84 Å². The van der Waals surface area contributed by atoms with Crippen molar-refractivity contribution in [1.29, 1.82) is 5.26 Å². The lowest BCUT2D eigenvalue weighted by molar-refractivity contribution is 0.475. The van der Waals surface area contributed by atoms with E-state index in [0.29, 0.717) is 5.56 Å². The van der Waals surface area contributed by atoms with Crippen LogP contribution in [0, 0.1) is 11.3 Å². The quantitative estimate of drug-likeness (QED) is 0.833. The van der Waals surface area contributed by atoms with Crippen molar-refractivity contribution >= 4 is 15.9 Å². The van der Waals surface area contributed by atoms with Crippen molar-refractivity contribution < 1.29 is 13.5 Å². The third kappa shape index (κ3) is 2.90. The summed E-state index contributed by atoms with van der Waals surface area (Å²) in [5, 5.41) is 18.1. The van der Waals surface area contributed by atoms with Crippen LogP contribution >= 0.6 is 0 Å². The number of rotatable bonds is 2. The molecule has 0 heterocycles. The molecule has 0 amide bonds. The Morgan fingerprint density at radius 3 is 2.17 bits per heavy atom. The van der Waals surface area contributed by atoms with Crippen LogP contribution in [0.15, 0.2) is 29.2 Å². The van der Waals surface area contributed by atoms with Crippen LogP contribution < -0.4 is 0 Å². The third-order valence-corrected chi connectivity index (χ3v) is 4.80. The second-order valence-electron chi connectivity index (χ2n) is 4.83. The number of phenolic OH excluding ortho intramolecular Hbond substituents is 1. The van der Waals surface area contributed by atoms with E-state index < -0.39 is 14.6 Å². The molecule has 0 unspecified atom stereocenters. The molecule has 18 heavy (non-hydrogen) atoms. The van der Waals surface area contributed by atoms with Crippen molar-refractivity contribution in [3.05, 3.63) is 34.7 Å². The molecule has 1 aromatic carbocycles. The van der Waals surface area contributed by atoms with Gasteiger partial charge in [0.2, 0.25) is 0 Å². The lowest BCUT2D eigenvalue weighted by Gasteiger charge is -2.18. The van der Waals surface area contributed by atoms with E-state index in [1.165, 1.54) is 18.2 Å². The van der Waals surface area contributed by atoms with Gasteiger partial charge in [0.05, 0.1) is 4.75 Å². The molecule has 0 saturated carbocycles. The van der Waals surface area contributed by atoms with Gasteiger partial charge in [-0.25, -0.2) is 8.42 Å². The summed E-state index contributed by atoms with van der Waals surface area (Å²) in [5.74, 6) is 0.0873. The van der Waals surface area contributed by atoms with E-state index >= 15 is 0 Å². The lowest BCUT2D eigenvalue weighted by Crippen LogP contribution is -2.28. The van der Waals surface area contributed by atoms with Crippen molar-refractivity contribution in [3.63, 3.8) is 0 Å². The summed E-state index contributed by atoms with van der Waals surface area (Å²) in [7, 11) is -3.66. The molecule has 1 N–H and O–H groups in total. The van der Waals surface area contributed by atoms with E-state index in [2.05, 4.69) is 0 Å². The summed E-state index contributed by atoms with van der Waals surface area (Å²) in [5.41, 5.74) is 0.553. The van der Waals surface area contributed by atoms with Gasteiger partial charge in [-0.15, -0.1) is 0 Å². The van der Waals surface area contributed by atoms with Crippen LogP contribution in [0.3, 0.4) is 0 Å². The lowest BCUT2D eigenvalue weighted by atomic mass is 10.2. The Hall–Kier alpha value is -1.80. The molecule has 0 aliphatic rings. The van der Waals surface area contributed by atoms with E-state index in [-0.39, 0.29) is 10.7 Å². The maximum absolute atomic E-state index is 12.1. The highest BCUT2D eigenvalue weighted by Crippen LogP contribution is 2.25. The van der Waals surface area contributed by atoms with Crippen molar-refractivity contribution in [2.45, 2.75) is 25.5 Å². The zero-order valence-electron chi connectivity index (χ0n) is 10.5. The van der Waals surface area contributed by atoms with Gasteiger partial charge >= 0.3 is 0 Å². The minimum absolute atomic E-state index is 0.0873. The molecule has 1 rings (SSSR count). The molecule has 1 aromatic rings. The van der Waals surface area contributed by atoms with Crippen molar-refractivity contribution in [2.75, 3.05) is 0 Å². The molecule has 0 fully saturated rings. The SMILES string of the molecule is CC(C)(C)S(=O)(=O)C(C#N)=Cc1ccc(O)cc1. The zero-order chi connectivity index (χ0) is 14.0. The Bertz CT molecular complexity index is 599. The van der Waals surface area contributed by atoms with Gasteiger partial charge in [0, 0.05) is 0 Å². The Balaban J connectivity index is 3.29. The van der Waals surface area contributed by atoms with Crippen LogP contribution in [-0.4, -0.2) is 18.3 Å². The van der Waals surface area contributed by atoms with Gasteiger partial charge in [0.15, 0.2) is 9.84 Å². The molecule has 96 valence electrons. The largest absolute Gasteiger partial charge is 0.508 e. The number of phenols is 1. The predicted octanol–water partition coefficient (Wildman–Crippen LogP) is 2.47. The highest BCUT2D eigenvalue weighted by molar-refractivity contribution is 7.97. The first kappa shape index (κ1) is 14.3. The summed E-state index contributed by atoms with van der Waals surface area (Å²) in [6.45, 7) is 4.64. The molecule has 0 radical (unpaired) electrons. The monoisotopic (exact) mass is 265 g/mol. The normalized spacial score (nSPS) is 13.1. The molecule has 5 heteroatoms. The minimum Gasteiger partial charge on any atom is -0.508 e. The summed E-state index contributed by atoms with van der Waals surface area (Å²) < 4.78 is 23.2. The maximum Gasteiger partial charge on any atom is 0.193 e. The van der Waals surface area contributed by atoms with Gasteiger partial charge in [-0.1, -0.05) is 12.1 Å². The molecule has 0 bridgehead atoms. The number of sulfone groups is 1. The van der Waals surface area contributed by atoms with Crippen LogP contribution in [0.2, 0.25) is 0 Å². The van der Waals surface area contributed by atoms with E-state index in [1.807, 2.05) is 0 Å². The number of allylic oxidation sites excluding steroid dienone is 1. The molecule has 0 atom stereocenters. The fraction of sp³-hybridized carbons (Fsp3) is 0.308. The molecular weight excluding hydrogens is 250 g/mol. The van der Waals surface area contributed by atoms with Crippen LogP contribution in [0.1, 0.15) is 26.3 Å². The zero-order valence-corrected chi connectivity index (χ0v) is 11.3. The first-order chi connectivity index (χ1) is 8.18. The molecular formula is C13H15NO3S. The fourth-order valence-corrected chi connectivity index (χ4v) is 2.29. The highest BCUT2D eigenvalue weighted by Gasteiger charge is 2.32. The molecule has 0 aliphatic carbocycles. The summed E-state index contributed by atoms with van der Waals surface area (Å²) >= 11 is 0. The van der Waals surface area contributed by atoms with Gasteiger partial charge < -0.3 is 5.11 Å². The van der Waals surface area contributed by atoms with Crippen LogP contribution in [0.4, 0.5) is 0 Å². The highest BCUT2D eigenvalue weighted by atomic mass is 32.2. The van der Waals surface area contributed by atoms with E-state index in [9.17, 15) is 8.42 Å². The van der Waals surface area contributed by atoms with Crippen molar-refractivity contribution in [3.8, 4) is 11.8 Å². The second kappa shape index (κ2) is 4.83. The standard InChI is InChI=1S/C13H15NO3S/c1-13(2,3)18(16,17)12(9-14)8-10-4-6-11(15)7-5-10/h4-8,15H,1-3H3. The van der Waals surface area contributed by atoms with Crippen LogP contribution in [0.25, 0.3) is 6.08 Å². The number of hydrogen-bond acceptors (Lipinski definition) is 4. The molecule has 4 nitrogen and oxygen atoms in total. The van der Waals surface area contributed by atoms with Gasteiger partial charge in [-0.2, -0.15) is 5.26 Å². The molecule has 0 aromatic heterocycles. The van der Waals surface area contributed by atoms with Gasteiger partial charge in [-0.3, -0.25) is 0 Å². The number of nitrogens with zero attached hydrogens (tertiary/aromatic N) is 1. The average molecular weight is 265 g/mol. The summed E-state index contributed by atoms with van der Waals surface area (Å²) in [6.07, 6.45) is 1.31. The Morgan fingerprint density at radius 2 is 1.78 bits per heavy atom. The number of aromatic hydroxyl groups is 1. The number of hydrogen-bond donors (Lipinski definition) is 1. The third-order valence-electron chi connectivity index (χ3n) is 2.40. The Kier molecular flexibility index (Phi) is 3.82. The Morgan fingerprint density at radius 1 is 1.28 bits per heavy atom. The van der Waals surface area contributed by atoms with E-state index in [4.69, 9.17) is 10.4 Å². The van der Waals surface area contributed by atoms with Gasteiger partial charge in [0.25, 0.3) is 0 Å². The molecule has 0 spiro atoms. The van der Waals surface area contributed by atoms with Crippen LogP contribution in [0.5, 0.6) is 5.75 Å². The first-order valence-corrected chi connectivity index (χ1v) is 6.82. The van der Waals surface area contributed by atoms with E-state index in [0.717, 1.165) is 0 Å². The topological polar surface area (TPSA) is 78.2 Å². The summed E-state index contributed by atoms with van der Waals surface area (Å²) in [6, 6.07) is 7.69. The average Bonchev–Trinajstić information content (AvgIpc) is 2.26. The smallest absolute Gasteiger partial charge is 0.193 e. The van der Waals surface area contributed by atoms with Crippen molar-refractivity contribution in [2.24, 2.45) is 0 Å². The Labute approximate surface area is 107 Å². The molecule has 0 saturated heterocycles. The molecule has 0 aliphatic heterocycles. The predicted molar refractivity (Wildman–Crippen MR) is 70.4 cm³/mol. The number of benzene rings is 1. The number of nitriles is 1. The first-order valence-electron chi connectivity index (χ1n) is 5.34. The van der Waals surface area contributed by atoms with Gasteiger partial charge in [-0.05, 0) is 44.5 Å².